The summed E-state index contributed by atoms with van der Waals surface area (Å²) in [5.74, 6) is -4.37. The zero-order valence-corrected chi connectivity index (χ0v) is 18.6. The van der Waals surface area contributed by atoms with Crippen molar-refractivity contribution in [2.45, 2.75) is 41.5 Å². The first kappa shape index (κ1) is 33.9. The van der Waals surface area contributed by atoms with Crippen LogP contribution in [0.2, 0.25) is 0 Å². The topological polar surface area (TPSA) is 112 Å². The molecule has 0 saturated carbocycles. The van der Waals surface area contributed by atoms with Gasteiger partial charge in [0.15, 0.2) is 0 Å². The molecule has 0 amide bonds. The van der Waals surface area contributed by atoms with Crippen molar-refractivity contribution < 1.29 is 46.3 Å². The summed E-state index contributed by atoms with van der Waals surface area (Å²) >= 11 is 0. The molecule has 0 radical (unpaired) electrons. The monoisotopic (exact) mass is 537 g/mol. The maximum Gasteiger partial charge on any atom is 2.00 e. The molecule has 0 aromatic rings. The number of hydrogen-bond donors (Lipinski definition) is 0. The van der Waals surface area contributed by atoms with Gasteiger partial charge in [0.05, 0.1) is 11.9 Å². The van der Waals surface area contributed by atoms with Crippen LogP contribution in [0.3, 0.4) is 0 Å². The Bertz CT molecular complexity index is 200. The Morgan fingerprint density at radius 3 is 0.773 bits per heavy atom. The van der Waals surface area contributed by atoms with Gasteiger partial charge in [0.1, 0.15) is 0 Å². The van der Waals surface area contributed by atoms with E-state index in [9.17, 15) is 0 Å². The zero-order valence-electron chi connectivity index (χ0n) is 14.6. The summed E-state index contributed by atoms with van der Waals surface area (Å²) in [6.45, 7) is 13.7. The molecular weight excluding hydrogens is 505 g/mol. The van der Waals surface area contributed by atoms with Gasteiger partial charge in [0.25, 0.3) is 0 Å². The SMILES string of the molecule is CCP(CC)CC.CCP(CC)CC.O.O=C([O-])C(=O)[O-].[Pt+2]. The van der Waals surface area contributed by atoms with Gasteiger partial charge in [-0.05, 0) is 37.0 Å². The van der Waals surface area contributed by atoms with Crippen LogP contribution in [0.15, 0.2) is 0 Å². The Kier molecular flexibility index (Phi) is 40.6. The van der Waals surface area contributed by atoms with Crippen LogP contribution < -0.4 is 10.2 Å². The fourth-order valence-electron chi connectivity index (χ4n) is 1.34. The number of carbonyl (C=O) groups excluding carboxylic acids is 2. The molecule has 0 aliphatic rings. The average Bonchev–Trinajstić information content (AvgIpc) is 2.44. The second kappa shape index (κ2) is 26.4. The number of carbonyl (C=O) groups is 2. The van der Waals surface area contributed by atoms with Crippen LogP contribution in [0.25, 0.3) is 0 Å². The van der Waals surface area contributed by atoms with Gasteiger partial charge in [-0.1, -0.05) is 41.5 Å². The molecule has 0 aromatic carbocycles. The third-order valence-corrected chi connectivity index (χ3v) is 8.22. The van der Waals surface area contributed by atoms with E-state index in [0.29, 0.717) is 15.8 Å². The second-order valence-electron chi connectivity index (χ2n) is 3.81. The molecule has 0 aromatic heterocycles. The van der Waals surface area contributed by atoms with E-state index in [4.69, 9.17) is 19.8 Å². The molecule has 0 spiro atoms. The van der Waals surface area contributed by atoms with E-state index in [-0.39, 0.29) is 26.5 Å². The maximum atomic E-state index is 8.93. The van der Waals surface area contributed by atoms with E-state index in [0.717, 1.165) is 0 Å². The number of carboxylic acids is 2. The van der Waals surface area contributed by atoms with Gasteiger partial charge >= 0.3 is 21.1 Å². The van der Waals surface area contributed by atoms with Crippen LogP contribution in [0.1, 0.15) is 41.5 Å². The number of carboxylic acid groups (broad SMARTS) is 2. The van der Waals surface area contributed by atoms with Gasteiger partial charge in [-0.25, -0.2) is 0 Å². The molecule has 2 N–H and O–H groups in total. The Hall–Kier alpha value is 0.448. The second-order valence-corrected chi connectivity index (χ2v) is 10.3. The minimum atomic E-state index is -2.19. The van der Waals surface area contributed by atoms with Crippen LogP contribution in [0.5, 0.6) is 0 Å². The molecule has 0 aliphatic carbocycles. The van der Waals surface area contributed by atoms with Crippen LogP contribution in [-0.2, 0) is 30.7 Å². The Balaban J connectivity index is -0.0000000630. The standard InChI is InChI=1S/2C6H15P.C2H2O4.H2O.Pt/c2*1-4-7(5-2)6-3;3-1(4)2(5)6;;/h2*4-6H2,1-3H3;(H,3,4)(H,5,6);1H2;/q;;;;+2/p-2. The van der Waals surface area contributed by atoms with Crippen molar-refractivity contribution >= 4 is 27.8 Å². The molecule has 5 nitrogen and oxygen atoms in total. The first-order valence-electron chi connectivity index (χ1n) is 7.21. The maximum absolute atomic E-state index is 8.93. The Morgan fingerprint density at radius 2 is 0.773 bits per heavy atom. The summed E-state index contributed by atoms with van der Waals surface area (Å²) < 4.78 is 0. The van der Waals surface area contributed by atoms with Gasteiger partial charge in [-0.15, -0.1) is 15.8 Å². The molecule has 0 aliphatic heterocycles. The van der Waals surface area contributed by atoms with Gasteiger partial charge in [0.2, 0.25) is 0 Å². The van der Waals surface area contributed by atoms with Crippen molar-refractivity contribution in [1.29, 1.82) is 0 Å². The summed E-state index contributed by atoms with van der Waals surface area (Å²) in [4.78, 5) is 17.9. The molecule has 138 valence electrons. The largest absolute Gasteiger partial charge is 2.00 e. The fourth-order valence-corrected chi connectivity index (χ4v) is 4.02. The molecule has 0 saturated heterocycles. The van der Waals surface area contributed by atoms with Gasteiger partial charge in [-0.3, -0.25) is 0 Å². The van der Waals surface area contributed by atoms with Gasteiger partial charge in [-0.2, -0.15) is 0 Å². The summed E-state index contributed by atoms with van der Waals surface area (Å²) in [5.41, 5.74) is 0. The smallest absolute Gasteiger partial charge is 0.543 e. The van der Waals surface area contributed by atoms with Gasteiger partial charge < -0.3 is 25.3 Å². The molecule has 0 unspecified atom stereocenters. The number of aliphatic carboxylic acids is 2. The fraction of sp³-hybridized carbons (Fsp3) is 0.857. The minimum absolute atomic E-state index is 0. The van der Waals surface area contributed by atoms with Crippen LogP contribution in [0.4, 0.5) is 0 Å². The predicted octanol–water partition coefficient (Wildman–Crippen LogP) is 0.715. The van der Waals surface area contributed by atoms with Crippen molar-refractivity contribution in [3.8, 4) is 0 Å². The van der Waals surface area contributed by atoms with Crippen molar-refractivity contribution in [3.05, 3.63) is 0 Å². The zero-order chi connectivity index (χ0) is 16.6. The van der Waals surface area contributed by atoms with Crippen LogP contribution in [-0.4, -0.2) is 54.4 Å². The molecule has 0 bridgehead atoms. The number of hydrogen-bond acceptors (Lipinski definition) is 4. The third kappa shape index (κ3) is 28.6. The molecule has 0 rings (SSSR count). The molecule has 22 heavy (non-hydrogen) atoms. The van der Waals surface area contributed by atoms with Gasteiger partial charge in [0, 0.05) is 0 Å². The quantitative estimate of drug-likeness (QED) is 0.367. The first-order chi connectivity index (χ1) is 9.33. The molecule has 8 heteroatoms. The minimum Gasteiger partial charge on any atom is -0.543 e. The van der Waals surface area contributed by atoms with Crippen molar-refractivity contribution in [3.63, 3.8) is 0 Å². The third-order valence-electron chi connectivity index (χ3n) is 2.85. The van der Waals surface area contributed by atoms with Crippen LogP contribution in [0, 0.1) is 0 Å². The Morgan fingerprint density at radius 1 is 0.636 bits per heavy atom. The van der Waals surface area contributed by atoms with Crippen molar-refractivity contribution in [2.75, 3.05) is 37.0 Å². The summed E-state index contributed by atoms with van der Waals surface area (Å²) in [5, 5.41) is 17.9. The molecular formula is C14H32O5P2Pt. The molecule has 0 atom stereocenters. The van der Waals surface area contributed by atoms with E-state index < -0.39 is 11.9 Å². The van der Waals surface area contributed by atoms with Crippen molar-refractivity contribution in [1.82, 2.24) is 0 Å². The summed E-state index contributed by atoms with van der Waals surface area (Å²) in [6.07, 6.45) is 8.51. The normalized spacial score (nSPS) is 8.55. The van der Waals surface area contributed by atoms with E-state index in [2.05, 4.69) is 41.5 Å². The number of rotatable bonds is 6. The average molecular weight is 537 g/mol. The predicted molar refractivity (Wildman–Crippen MR) is 90.7 cm³/mol. The van der Waals surface area contributed by atoms with E-state index in [1.807, 2.05) is 0 Å². The summed E-state index contributed by atoms with van der Waals surface area (Å²) in [6, 6.07) is 0. The van der Waals surface area contributed by atoms with E-state index in [1.165, 1.54) is 37.0 Å². The molecule has 0 heterocycles. The first-order valence-corrected chi connectivity index (χ1v) is 11.0. The summed E-state index contributed by atoms with van der Waals surface area (Å²) in [7, 11) is 0.892. The van der Waals surface area contributed by atoms with Crippen LogP contribution >= 0.6 is 15.8 Å². The van der Waals surface area contributed by atoms with E-state index >= 15 is 0 Å². The Labute approximate surface area is 152 Å². The molecule has 0 fully saturated rings. The van der Waals surface area contributed by atoms with Crippen molar-refractivity contribution in [2.24, 2.45) is 0 Å². The van der Waals surface area contributed by atoms with E-state index in [1.54, 1.807) is 0 Å².